The number of hydrogen-bond donors (Lipinski definition) is 1. The summed E-state index contributed by atoms with van der Waals surface area (Å²) in [6.45, 7) is 2.35. The van der Waals surface area contributed by atoms with Crippen molar-refractivity contribution in [3.05, 3.63) is 65.0 Å². The van der Waals surface area contributed by atoms with E-state index in [9.17, 15) is 4.79 Å². The number of nitrogens with zero attached hydrogens (tertiary/aromatic N) is 2. The predicted octanol–water partition coefficient (Wildman–Crippen LogP) is 2.80. The third-order valence-electron chi connectivity index (χ3n) is 3.60. The van der Waals surface area contributed by atoms with E-state index >= 15 is 0 Å². The van der Waals surface area contributed by atoms with Crippen LogP contribution in [0.25, 0.3) is 0 Å². The molecule has 0 saturated carbocycles. The zero-order valence-corrected chi connectivity index (χ0v) is 13.9. The van der Waals surface area contributed by atoms with Crippen molar-refractivity contribution in [2.45, 2.75) is 19.6 Å². The molecule has 0 unspecified atom stereocenters. The smallest absolute Gasteiger partial charge is 0.253 e. The van der Waals surface area contributed by atoms with Crippen LogP contribution in [0.5, 0.6) is 0 Å². The number of aromatic nitrogens is 1. The van der Waals surface area contributed by atoms with Crippen LogP contribution in [0.15, 0.2) is 42.7 Å². The number of carbonyl (C=O) groups is 1. The maximum atomic E-state index is 12.4. The summed E-state index contributed by atoms with van der Waals surface area (Å²) in [5, 5.41) is 3.29. The molecule has 1 amide bonds. The fourth-order valence-corrected chi connectivity index (χ4v) is 2.48. The summed E-state index contributed by atoms with van der Waals surface area (Å²) in [5.41, 5.74) is 4.36. The summed E-state index contributed by atoms with van der Waals surface area (Å²) in [4.78, 5) is 18.2. The first-order valence-corrected chi connectivity index (χ1v) is 6.71. The predicted molar refractivity (Wildman–Crippen MR) is 91.5 cm³/mol. The van der Waals surface area contributed by atoms with Crippen LogP contribution in [0.1, 0.15) is 27.0 Å². The molecular formula is C16H19Cl2N3O. The van der Waals surface area contributed by atoms with Gasteiger partial charge in [-0.2, -0.15) is 0 Å². The molecule has 3 rings (SSSR count). The molecule has 0 bridgehead atoms. The van der Waals surface area contributed by atoms with Crippen LogP contribution in [0.4, 0.5) is 0 Å². The molecule has 2 heterocycles. The number of halogens is 2. The summed E-state index contributed by atoms with van der Waals surface area (Å²) in [6, 6.07) is 9.81. The second-order valence-electron chi connectivity index (χ2n) is 5.10. The number of hydrogen-bond acceptors (Lipinski definition) is 3. The highest BCUT2D eigenvalue weighted by molar-refractivity contribution is 5.94. The topological polar surface area (TPSA) is 45.2 Å². The Balaban J connectivity index is 0.00000121. The largest absolute Gasteiger partial charge is 0.337 e. The molecule has 22 heavy (non-hydrogen) atoms. The molecule has 0 atom stereocenters. The van der Waals surface area contributed by atoms with Crippen molar-refractivity contribution in [3.8, 4) is 0 Å². The summed E-state index contributed by atoms with van der Waals surface area (Å²) in [7, 11) is 1.83. The third-order valence-corrected chi connectivity index (χ3v) is 3.60. The summed E-state index contributed by atoms with van der Waals surface area (Å²) < 4.78 is 0. The van der Waals surface area contributed by atoms with Crippen LogP contribution in [0.3, 0.4) is 0 Å². The van der Waals surface area contributed by atoms with E-state index < -0.39 is 0 Å². The molecule has 1 aliphatic heterocycles. The first-order valence-electron chi connectivity index (χ1n) is 6.71. The zero-order valence-electron chi connectivity index (χ0n) is 12.3. The lowest BCUT2D eigenvalue weighted by atomic mass is 10.1. The van der Waals surface area contributed by atoms with Gasteiger partial charge in [0.25, 0.3) is 5.91 Å². The molecule has 1 aromatic heterocycles. The van der Waals surface area contributed by atoms with Crippen molar-refractivity contribution in [2.75, 3.05) is 7.05 Å². The minimum absolute atomic E-state index is 0. The Labute approximate surface area is 142 Å². The second kappa shape index (κ2) is 8.13. The van der Waals surface area contributed by atoms with E-state index in [1.165, 1.54) is 11.1 Å². The van der Waals surface area contributed by atoms with Gasteiger partial charge in [-0.05, 0) is 41.0 Å². The normalized spacial score (nSPS) is 11.9. The van der Waals surface area contributed by atoms with Crippen LogP contribution < -0.4 is 5.32 Å². The third kappa shape index (κ3) is 3.97. The van der Waals surface area contributed by atoms with E-state index in [0.29, 0.717) is 6.54 Å². The molecule has 1 N–H and O–H groups in total. The van der Waals surface area contributed by atoms with E-state index in [2.05, 4.69) is 10.3 Å². The maximum absolute atomic E-state index is 12.4. The number of nitrogens with one attached hydrogen (secondary N) is 1. The summed E-state index contributed by atoms with van der Waals surface area (Å²) in [5.74, 6) is 0.0523. The van der Waals surface area contributed by atoms with Gasteiger partial charge in [0.05, 0.1) is 0 Å². The Morgan fingerprint density at radius 1 is 1.14 bits per heavy atom. The molecule has 0 radical (unpaired) electrons. The number of fused-ring (bicyclic) bond motifs is 1. The van der Waals surface area contributed by atoms with E-state index in [1.807, 2.05) is 37.4 Å². The van der Waals surface area contributed by atoms with Crippen molar-refractivity contribution in [2.24, 2.45) is 0 Å². The van der Waals surface area contributed by atoms with Crippen molar-refractivity contribution < 1.29 is 4.79 Å². The quantitative estimate of drug-likeness (QED) is 0.935. The number of carbonyl (C=O) groups excluding carboxylic acids is 1. The molecule has 0 spiro atoms. The highest BCUT2D eigenvalue weighted by atomic mass is 35.5. The van der Waals surface area contributed by atoms with Crippen LogP contribution in [-0.2, 0) is 19.6 Å². The minimum atomic E-state index is 0. The lowest BCUT2D eigenvalue weighted by Gasteiger charge is -2.17. The van der Waals surface area contributed by atoms with E-state index in [4.69, 9.17) is 0 Å². The molecule has 2 aromatic rings. The standard InChI is InChI=1S/C16H17N3O.2ClH/c1-19(11-12-4-6-17-7-5-12)16(20)13-2-3-14-9-18-10-15(14)8-13;;/h2-8,18H,9-11H2,1H3;2*1H. The first-order chi connectivity index (χ1) is 9.74. The summed E-state index contributed by atoms with van der Waals surface area (Å²) in [6.07, 6.45) is 3.49. The van der Waals surface area contributed by atoms with E-state index in [0.717, 1.165) is 24.2 Å². The zero-order chi connectivity index (χ0) is 13.9. The fourth-order valence-electron chi connectivity index (χ4n) is 2.48. The van der Waals surface area contributed by atoms with Gasteiger partial charge in [0, 0.05) is 44.6 Å². The second-order valence-corrected chi connectivity index (χ2v) is 5.10. The molecular weight excluding hydrogens is 321 g/mol. The number of rotatable bonds is 3. The monoisotopic (exact) mass is 339 g/mol. The molecule has 118 valence electrons. The molecule has 6 heteroatoms. The SMILES string of the molecule is CN(Cc1ccncc1)C(=O)c1ccc2c(c1)CNC2.Cl.Cl. The Morgan fingerprint density at radius 3 is 2.55 bits per heavy atom. The van der Waals surface area contributed by atoms with Gasteiger partial charge in [0.2, 0.25) is 0 Å². The number of pyridine rings is 1. The molecule has 0 aliphatic carbocycles. The Bertz CT molecular complexity index is 635. The van der Waals surface area contributed by atoms with Crippen molar-refractivity contribution in [3.63, 3.8) is 0 Å². The average Bonchev–Trinajstić information content (AvgIpc) is 2.94. The average molecular weight is 340 g/mol. The number of amides is 1. The molecule has 1 aliphatic rings. The van der Waals surface area contributed by atoms with Gasteiger partial charge in [0.1, 0.15) is 0 Å². The highest BCUT2D eigenvalue weighted by Gasteiger charge is 2.16. The van der Waals surface area contributed by atoms with Gasteiger partial charge in [-0.15, -0.1) is 24.8 Å². The van der Waals surface area contributed by atoms with Gasteiger partial charge in [-0.3, -0.25) is 9.78 Å². The van der Waals surface area contributed by atoms with E-state index in [1.54, 1.807) is 17.3 Å². The Hall–Kier alpha value is -1.62. The Morgan fingerprint density at radius 2 is 1.82 bits per heavy atom. The van der Waals surface area contributed by atoms with Crippen LogP contribution >= 0.6 is 24.8 Å². The van der Waals surface area contributed by atoms with Gasteiger partial charge < -0.3 is 10.2 Å². The Kier molecular flexibility index (Phi) is 6.81. The molecule has 4 nitrogen and oxygen atoms in total. The van der Waals surface area contributed by atoms with Crippen LogP contribution in [0, 0.1) is 0 Å². The van der Waals surface area contributed by atoms with Gasteiger partial charge in [-0.25, -0.2) is 0 Å². The first kappa shape index (κ1) is 18.4. The number of benzene rings is 1. The lowest BCUT2D eigenvalue weighted by molar-refractivity contribution is 0.0785. The lowest BCUT2D eigenvalue weighted by Crippen LogP contribution is -2.26. The molecule has 0 fully saturated rings. The fraction of sp³-hybridized carbons (Fsp3) is 0.250. The van der Waals surface area contributed by atoms with Crippen molar-refractivity contribution >= 4 is 30.7 Å². The maximum Gasteiger partial charge on any atom is 0.253 e. The summed E-state index contributed by atoms with van der Waals surface area (Å²) >= 11 is 0. The van der Waals surface area contributed by atoms with Crippen molar-refractivity contribution in [1.82, 2.24) is 15.2 Å². The van der Waals surface area contributed by atoms with Gasteiger partial charge in [0.15, 0.2) is 0 Å². The van der Waals surface area contributed by atoms with E-state index in [-0.39, 0.29) is 30.7 Å². The minimum Gasteiger partial charge on any atom is -0.337 e. The van der Waals surface area contributed by atoms with Gasteiger partial charge >= 0.3 is 0 Å². The van der Waals surface area contributed by atoms with Crippen LogP contribution in [0.2, 0.25) is 0 Å². The molecule has 1 aromatic carbocycles. The molecule has 0 saturated heterocycles. The van der Waals surface area contributed by atoms with Crippen LogP contribution in [-0.4, -0.2) is 22.8 Å². The van der Waals surface area contributed by atoms with Crippen molar-refractivity contribution in [1.29, 1.82) is 0 Å². The van der Waals surface area contributed by atoms with Gasteiger partial charge in [-0.1, -0.05) is 6.07 Å². The highest BCUT2D eigenvalue weighted by Crippen LogP contribution is 2.18.